The van der Waals surface area contributed by atoms with Crippen LogP contribution >= 0.6 is 0 Å². The number of nitrogens with zero attached hydrogens (tertiary/aromatic N) is 1. The fraction of sp³-hybridized carbons (Fsp3) is 0.389. The Bertz CT molecular complexity index is 627. The molecule has 0 saturated carbocycles. The van der Waals surface area contributed by atoms with Crippen molar-refractivity contribution in [2.24, 2.45) is 0 Å². The van der Waals surface area contributed by atoms with Gasteiger partial charge in [-0.05, 0) is 38.3 Å². The third-order valence-electron chi connectivity index (χ3n) is 3.71. The highest BCUT2D eigenvalue weighted by atomic mass is 16.2. The minimum Gasteiger partial charge on any atom is -0.361 e. The highest BCUT2D eigenvalue weighted by Gasteiger charge is 2.11. The van der Waals surface area contributed by atoms with Crippen molar-refractivity contribution >= 4 is 16.8 Å². The summed E-state index contributed by atoms with van der Waals surface area (Å²) in [5, 5.41) is 1.26. The quantitative estimate of drug-likeness (QED) is 0.769. The average molecular weight is 284 g/mol. The molecule has 3 nitrogen and oxygen atoms in total. The number of fused-ring (bicyclic) bond motifs is 1. The number of carbonyl (C=O) groups excluding carboxylic acids is 1. The normalized spacial score (nSPS) is 10.8. The van der Waals surface area contributed by atoms with E-state index >= 15 is 0 Å². The first-order valence-electron chi connectivity index (χ1n) is 7.59. The lowest BCUT2D eigenvalue weighted by Crippen LogP contribution is -2.31. The van der Waals surface area contributed by atoms with E-state index in [-0.39, 0.29) is 5.91 Å². The number of aromatic amines is 1. The van der Waals surface area contributed by atoms with Gasteiger partial charge in [-0.1, -0.05) is 30.4 Å². The minimum atomic E-state index is 0.223. The minimum absolute atomic E-state index is 0.223. The second-order valence-electron chi connectivity index (χ2n) is 5.58. The molecule has 1 heterocycles. The van der Waals surface area contributed by atoms with E-state index in [1.165, 1.54) is 10.9 Å². The molecule has 0 aliphatic carbocycles. The number of hydrogen-bond donors (Lipinski definition) is 1. The molecular formula is C18H24N2O. The molecule has 3 heteroatoms. The number of hydrogen-bond acceptors (Lipinski definition) is 1. The molecule has 2 aromatic rings. The number of benzene rings is 1. The van der Waals surface area contributed by atoms with Gasteiger partial charge in [-0.3, -0.25) is 4.79 Å². The Morgan fingerprint density at radius 1 is 1.33 bits per heavy atom. The van der Waals surface area contributed by atoms with Crippen LogP contribution in [0.25, 0.3) is 10.9 Å². The zero-order valence-electron chi connectivity index (χ0n) is 13.0. The summed E-state index contributed by atoms with van der Waals surface area (Å²) in [6.45, 7) is 9.27. The van der Waals surface area contributed by atoms with Gasteiger partial charge in [0.1, 0.15) is 0 Å². The van der Waals surface area contributed by atoms with E-state index in [1.54, 1.807) is 0 Å². The third kappa shape index (κ3) is 3.97. The van der Waals surface area contributed by atoms with Crippen LogP contribution in [0.2, 0.25) is 0 Å². The molecule has 1 amide bonds. The van der Waals surface area contributed by atoms with Crippen LogP contribution in [0.15, 0.2) is 42.6 Å². The number of amides is 1. The topological polar surface area (TPSA) is 36.1 Å². The summed E-state index contributed by atoms with van der Waals surface area (Å²) in [4.78, 5) is 17.3. The van der Waals surface area contributed by atoms with Gasteiger partial charge in [-0.15, -0.1) is 0 Å². The van der Waals surface area contributed by atoms with Gasteiger partial charge in [-0.25, -0.2) is 0 Å². The predicted molar refractivity (Wildman–Crippen MR) is 88.3 cm³/mol. The lowest BCUT2D eigenvalue weighted by Gasteiger charge is -2.20. The van der Waals surface area contributed by atoms with E-state index in [4.69, 9.17) is 0 Å². The summed E-state index contributed by atoms with van der Waals surface area (Å²) in [6.07, 6.45) is 4.47. The zero-order chi connectivity index (χ0) is 15.2. The summed E-state index contributed by atoms with van der Waals surface area (Å²) in [6, 6.07) is 8.29. The number of aryl methyl sites for hydroxylation is 1. The molecule has 21 heavy (non-hydrogen) atoms. The lowest BCUT2D eigenvalue weighted by molar-refractivity contribution is -0.130. The standard InChI is InChI=1S/C18H24N2O/c1-4-20(13-14(2)3)18(21)11-7-8-15-12-19-17-10-6-5-9-16(15)17/h5-6,9-10,12,19H,2,4,7-8,11,13H2,1,3H3. The number of carbonyl (C=O) groups is 1. The van der Waals surface area contributed by atoms with Gasteiger partial charge in [-0.2, -0.15) is 0 Å². The Labute approximate surface area is 126 Å². The summed E-state index contributed by atoms with van der Waals surface area (Å²) in [7, 11) is 0. The maximum absolute atomic E-state index is 12.2. The van der Waals surface area contributed by atoms with Gasteiger partial charge in [0.2, 0.25) is 5.91 Å². The second-order valence-corrected chi connectivity index (χ2v) is 5.58. The molecule has 0 radical (unpaired) electrons. The highest BCUT2D eigenvalue weighted by Crippen LogP contribution is 2.19. The lowest BCUT2D eigenvalue weighted by atomic mass is 10.1. The van der Waals surface area contributed by atoms with Gasteiger partial charge in [0.25, 0.3) is 0 Å². The van der Waals surface area contributed by atoms with Crippen LogP contribution in [0.1, 0.15) is 32.3 Å². The van der Waals surface area contributed by atoms with Gasteiger partial charge >= 0.3 is 0 Å². The first kappa shape index (κ1) is 15.4. The van der Waals surface area contributed by atoms with E-state index in [0.717, 1.165) is 30.5 Å². The van der Waals surface area contributed by atoms with E-state index < -0.39 is 0 Å². The maximum Gasteiger partial charge on any atom is 0.222 e. The van der Waals surface area contributed by atoms with Crippen LogP contribution in [-0.4, -0.2) is 28.9 Å². The van der Waals surface area contributed by atoms with Gasteiger partial charge in [0, 0.05) is 36.6 Å². The van der Waals surface area contributed by atoms with E-state index in [2.05, 4.69) is 36.0 Å². The number of para-hydroxylation sites is 1. The second kappa shape index (κ2) is 7.11. The Morgan fingerprint density at radius 3 is 2.81 bits per heavy atom. The van der Waals surface area contributed by atoms with Crippen LogP contribution in [-0.2, 0) is 11.2 Å². The van der Waals surface area contributed by atoms with Gasteiger partial charge in [0.15, 0.2) is 0 Å². The molecular weight excluding hydrogens is 260 g/mol. The average Bonchev–Trinajstić information content (AvgIpc) is 2.88. The Hall–Kier alpha value is -2.03. The largest absolute Gasteiger partial charge is 0.361 e. The SMILES string of the molecule is C=C(C)CN(CC)C(=O)CCCc1c[nH]c2ccccc12. The molecule has 0 saturated heterocycles. The molecule has 0 spiro atoms. The van der Waals surface area contributed by atoms with Crippen molar-refractivity contribution < 1.29 is 4.79 Å². The summed E-state index contributed by atoms with van der Waals surface area (Å²) < 4.78 is 0. The van der Waals surface area contributed by atoms with E-state index in [1.807, 2.05) is 24.8 Å². The molecule has 2 rings (SSSR count). The summed E-state index contributed by atoms with van der Waals surface area (Å²) >= 11 is 0. The fourth-order valence-corrected chi connectivity index (χ4v) is 2.63. The first-order chi connectivity index (χ1) is 10.1. The number of rotatable bonds is 7. The fourth-order valence-electron chi connectivity index (χ4n) is 2.63. The molecule has 1 N–H and O–H groups in total. The summed E-state index contributed by atoms with van der Waals surface area (Å²) in [5.74, 6) is 0.223. The van der Waals surface area contributed by atoms with Crippen molar-refractivity contribution in [1.29, 1.82) is 0 Å². The first-order valence-corrected chi connectivity index (χ1v) is 7.59. The predicted octanol–water partition coefficient (Wildman–Crippen LogP) is 3.92. The van der Waals surface area contributed by atoms with Crippen molar-refractivity contribution in [3.8, 4) is 0 Å². The van der Waals surface area contributed by atoms with E-state index in [0.29, 0.717) is 13.0 Å². The number of nitrogens with one attached hydrogen (secondary N) is 1. The Morgan fingerprint density at radius 2 is 2.10 bits per heavy atom. The third-order valence-corrected chi connectivity index (χ3v) is 3.71. The van der Waals surface area contributed by atoms with Crippen molar-refractivity contribution in [3.63, 3.8) is 0 Å². The zero-order valence-corrected chi connectivity index (χ0v) is 13.0. The Balaban J connectivity index is 1.89. The van der Waals surface area contributed by atoms with Crippen LogP contribution < -0.4 is 0 Å². The summed E-state index contributed by atoms with van der Waals surface area (Å²) in [5.41, 5.74) is 3.49. The molecule has 1 aromatic heterocycles. The molecule has 0 atom stereocenters. The van der Waals surface area contributed by atoms with Crippen molar-refractivity contribution in [2.75, 3.05) is 13.1 Å². The van der Waals surface area contributed by atoms with Crippen molar-refractivity contribution in [3.05, 3.63) is 48.2 Å². The Kier molecular flexibility index (Phi) is 5.20. The van der Waals surface area contributed by atoms with Gasteiger partial charge in [0.05, 0.1) is 0 Å². The highest BCUT2D eigenvalue weighted by molar-refractivity contribution is 5.83. The van der Waals surface area contributed by atoms with Crippen LogP contribution in [0.3, 0.4) is 0 Å². The number of aromatic nitrogens is 1. The van der Waals surface area contributed by atoms with Crippen LogP contribution in [0.4, 0.5) is 0 Å². The molecule has 1 aromatic carbocycles. The molecule has 0 bridgehead atoms. The van der Waals surface area contributed by atoms with Crippen molar-refractivity contribution in [2.45, 2.75) is 33.1 Å². The molecule has 0 unspecified atom stereocenters. The molecule has 112 valence electrons. The van der Waals surface area contributed by atoms with Crippen LogP contribution in [0, 0.1) is 0 Å². The monoisotopic (exact) mass is 284 g/mol. The number of H-pyrrole nitrogens is 1. The smallest absolute Gasteiger partial charge is 0.222 e. The van der Waals surface area contributed by atoms with Crippen LogP contribution in [0.5, 0.6) is 0 Å². The van der Waals surface area contributed by atoms with Gasteiger partial charge < -0.3 is 9.88 Å². The van der Waals surface area contributed by atoms with Crippen molar-refractivity contribution in [1.82, 2.24) is 9.88 Å². The maximum atomic E-state index is 12.2. The molecule has 0 fully saturated rings. The van der Waals surface area contributed by atoms with E-state index in [9.17, 15) is 4.79 Å². The molecule has 0 aliphatic heterocycles. The number of likely N-dealkylation sites (N-methyl/N-ethyl adjacent to an activating group) is 1. The molecule has 0 aliphatic rings.